The first-order valence-electron chi connectivity index (χ1n) is 5.71. The Hall–Kier alpha value is -1.13. The van der Waals surface area contributed by atoms with Crippen molar-refractivity contribution in [1.82, 2.24) is 15.1 Å². The molecule has 0 aromatic carbocycles. The molecule has 2 aromatic rings. The molecule has 3 nitrogen and oxygen atoms in total. The van der Waals surface area contributed by atoms with Crippen molar-refractivity contribution in [3.8, 4) is 11.3 Å². The van der Waals surface area contributed by atoms with Crippen LogP contribution >= 0.6 is 11.3 Å². The molecule has 4 heteroatoms. The molecule has 1 atom stereocenters. The number of hydrogen-bond donors (Lipinski definition) is 1. The second-order valence-corrected chi connectivity index (χ2v) is 5.01. The summed E-state index contributed by atoms with van der Waals surface area (Å²) < 4.78 is 2.05. The lowest BCUT2D eigenvalue weighted by Gasteiger charge is -2.09. The van der Waals surface area contributed by atoms with Crippen LogP contribution in [0.4, 0.5) is 0 Å². The van der Waals surface area contributed by atoms with Crippen LogP contribution in [-0.2, 0) is 6.54 Å². The first-order chi connectivity index (χ1) is 7.92. The molecule has 1 N–H and O–H groups in total. The van der Waals surface area contributed by atoms with Crippen molar-refractivity contribution >= 4 is 11.3 Å². The van der Waals surface area contributed by atoms with E-state index < -0.39 is 0 Å². The lowest BCUT2D eigenvalue weighted by molar-refractivity contribution is 0.477. The maximum absolute atomic E-state index is 4.60. The number of nitrogens with one attached hydrogen (secondary N) is 1. The van der Waals surface area contributed by atoms with Crippen LogP contribution in [0.1, 0.15) is 12.8 Å². The van der Waals surface area contributed by atoms with Crippen molar-refractivity contribution in [1.29, 1.82) is 0 Å². The highest BCUT2D eigenvalue weighted by atomic mass is 32.1. The summed E-state index contributed by atoms with van der Waals surface area (Å²) in [4.78, 5) is 0. The van der Waals surface area contributed by atoms with E-state index in [9.17, 15) is 0 Å². The van der Waals surface area contributed by atoms with Gasteiger partial charge in [0.05, 0.1) is 12.2 Å². The minimum Gasteiger partial charge on any atom is -0.312 e. The van der Waals surface area contributed by atoms with Gasteiger partial charge in [0.25, 0.3) is 0 Å². The first-order valence-corrected chi connectivity index (χ1v) is 6.65. The molecular formula is C12H15N3S. The van der Waals surface area contributed by atoms with Crippen molar-refractivity contribution in [2.24, 2.45) is 0 Å². The third kappa shape index (κ3) is 2.03. The number of thiophene rings is 1. The van der Waals surface area contributed by atoms with E-state index in [-0.39, 0.29) is 0 Å². The Morgan fingerprint density at radius 1 is 1.50 bits per heavy atom. The predicted molar refractivity (Wildman–Crippen MR) is 66.6 cm³/mol. The summed E-state index contributed by atoms with van der Waals surface area (Å²) in [5.74, 6) is 0. The fourth-order valence-corrected chi connectivity index (χ4v) is 2.82. The summed E-state index contributed by atoms with van der Waals surface area (Å²) >= 11 is 1.71. The second-order valence-electron chi connectivity index (χ2n) is 4.23. The van der Waals surface area contributed by atoms with Gasteiger partial charge in [-0.25, -0.2) is 0 Å². The van der Waals surface area contributed by atoms with Crippen molar-refractivity contribution < 1.29 is 0 Å². The predicted octanol–water partition coefficient (Wildman–Crippen LogP) is 2.36. The van der Waals surface area contributed by atoms with Gasteiger partial charge in [-0.3, -0.25) is 4.68 Å². The maximum atomic E-state index is 4.60. The zero-order valence-corrected chi connectivity index (χ0v) is 9.91. The van der Waals surface area contributed by atoms with Crippen LogP contribution in [0.5, 0.6) is 0 Å². The van der Waals surface area contributed by atoms with Gasteiger partial charge in [-0.05, 0) is 36.9 Å². The lowest BCUT2D eigenvalue weighted by atomic mass is 10.2. The molecule has 3 rings (SSSR count). The molecule has 16 heavy (non-hydrogen) atoms. The van der Waals surface area contributed by atoms with Crippen molar-refractivity contribution in [3.63, 3.8) is 0 Å². The highest BCUT2D eigenvalue weighted by Crippen LogP contribution is 2.20. The van der Waals surface area contributed by atoms with Gasteiger partial charge in [0.1, 0.15) is 0 Å². The van der Waals surface area contributed by atoms with E-state index in [0.29, 0.717) is 6.04 Å². The number of hydrogen-bond acceptors (Lipinski definition) is 3. The van der Waals surface area contributed by atoms with E-state index in [2.05, 4.69) is 44.2 Å². The molecular weight excluding hydrogens is 218 g/mol. The Kier molecular flexibility index (Phi) is 2.76. The zero-order chi connectivity index (χ0) is 10.8. The fraction of sp³-hybridized carbons (Fsp3) is 0.417. The van der Waals surface area contributed by atoms with E-state index in [4.69, 9.17) is 0 Å². The molecule has 0 radical (unpaired) electrons. The molecule has 1 saturated heterocycles. The highest BCUT2D eigenvalue weighted by Gasteiger charge is 2.14. The molecule has 1 aliphatic rings. The Morgan fingerprint density at radius 3 is 3.25 bits per heavy atom. The molecule has 84 valence electrons. The topological polar surface area (TPSA) is 29.9 Å². The van der Waals surface area contributed by atoms with Crippen molar-refractivity contribution in [2.75, 3.05) is 6.54 Å². The molecule has 3 heterocycles. The minimum absolute atomic E-state index is 0.607. The third-order valence-electron chi connectivity index (χ3n) is 3.03. The van der Waals surface area contributed by atoms with Crippen LogP contribution in [0, 0.1) is 0 Å². The summed E-state index contributed by atoms with van der Waals surface area (Å²) in [6, 6.07) is 4.82. The summed E-state index contributed by atoms with van der Waals surface area (Å²) in [6.07, 6.45) is 4.64. The SMILES string of the molecule is c1cc(-c2ccn(C[C@@H]3CCCN3)n2)cs1. The molecule has 2 aromatic heterocycles. The summed E-state index contributed by atoms with van der Waals surface area (Å²) in [6.45, 7) is 2.15. The monoisotopic (exact) mass is 233 g/mol. The smallest absolute Gasteiger partial charge is 0.0931 e. The molecule has 1 fully saturated rings. The van der Waals surface area contributed by atoms with E-state index in [1.54, 1.807) is 11.3 Å². The summed E-state index contributed by atoms with van der Waals surface area (Å²) in [5, 5.41) is 12.3. The lowest BCUT2D eigenvalue weighted by Crippen LogP contribution is -2.26. The highest BCUT2D eigenvalue weighted by molar-refractivity contribution is 7.08. The quantitative estimate of drug-likeness (QED) is 0.882. The van der Waals surface area contributed by atoms with E-state index in [0.717, 1.165) is 18.8 Å². The first kappa shape index (κ1) is 10.1. The van der Waals surface area contributed by atoms with Gasteiger partial charge in [-0.15, -0.1) is 0 Å². The Bertz CT molecular complexity index is 441. The molecule has 0 bridgehead atoms. The van der Waals surface area contributed by atoms with Gasteiger partial charge in [-0.1, -0.05) is 0 Å². The third-order valence-corrected chi connectivity index (χ3v) is 3.71. The average Bonchev–Trinajstić information content (AvgIpc) is 2.99. The number of nitrogens with zero attached hydrogens (tertiary/aromatic N) is 2. The Morgan fingerprint density at radius 2 is 2.50 bits per heavy atom. The van der Waals surface area contributed by atoms with Gasteiger partial charge in [-0.2, -0.15) is 16.4 Å². The minimum atomic E-state index is 0.607. The van der Waals surface area contributed by atoms with E-state index >= 15 is 0 Å². The Balaban J connectivity index is 1.72. The van der Waals surface area contributed by atoms with Gasteiger partial charge in [0.15, 0.2) is 0 Å². The number of rotatable bonds is 3. The summed E-state index contributed by atoms with van der Waals surface area (Å²) in [5.41, 5.74) is 2.31. The Labute approximate surface area is 99.1 Å². The van der Waals surface area contributed by atoms with E-state index in [1.165, 1.54) is 18.4 Å². The fourth-order valence-electron chi connectivity index (χ4n) is 2.17. The largest absolute Gasteiger partial charge is 0.312 e. The van der Waals surface area contributed by atoms with Gasteiger partial charge < -0.3 is 5.32 Å². The normalized spacial score (nSPS) is 20.4. The van der Waals surface area contributed by atoms with Crippen LogP contribution in [0.15, 0.2) is 29.1 Å². The van der Waals surface area contributed by atoms with Crippen LogP contribution in [-0.4, -0.2) is 22.4 Å². The molecule has 0 amide bonds. The number of aromatic nitrogens is 2. The van der Waals surface area contributed by atoms with Gasteiger partial charge in [0.2, 0.25) is 0 Å². The second kappa shape index (κ2) is 4.39. The van der Waals surface area contributed by atoms with Crippen LogP contribution in [0.3, 0.4) is 0 Å². The van der Waals surface area contributed by atoms with Crippen LogP contribution in [0.25, 0.3) is 11.3 Å². The molecule has 1 aliphatic heterocycles. The van der Waals surface area contributed by atoms with Crippen LogP contribution in [0.2, 0.25) is 0 Å². The van der Waals surface area contributed by atoms with Crippen LogP contribution < -0.4 is 5.32 Å². The molecule has 0 spiro atoms. The molecule has 0 unspecified atom stereocenters. The summed E-state index contributed by atoms with van der Waals surface area (Å²) in [7, 11) is 0. The standard InChI is InChI=1S/C12H15N3S/c1-2-11(13-5-1)8-15-6-3-12(14-15)10-4-7-16-9-10/h3-4,6-7,9,11,13H,1-2,5,8H2/t11-/m0/s1. The van der Waals surface area contributed by atoms with Gasteiger partial charge >= 0.3 is 0 Å². The molecule has 0 aliphatic carbocycles. The molecule has 0 saturated carbocycles. The zero-order valence-electron chi connectivity index (χ0n) is 9.10. The van der Waals surface area contributed by atoms with Gasteiger partial charge in [0, 0.05) is 23.2 Å². The maximum Gasteiger partial charge on any atom is 0.0931 e. The van der Waals surface area contributed by atoms with Crippen molar-refractivity contribution in [2.45, 2.75) is 25.4 Å². The average molecular weight is 233 g/mol. The van der Waals surface area contributed by atoms with Crippen molar-refractivity contribution in [3.05, 3.63) is 29.1 Å². The van der Waals surface area contributed by atoms with E-state index in [1.807, 2.05) is 0 Å².